The first-order valence-electron chi connectivity index (χ1n) is 5.08. The molecular weight excluding hydrogens is 246 g/mol. The average molecular weight is 262 g/mol. The van der Waals surface area contributed by atoms with Gasteiger partial charge in [-0.15, -0.1) is 0 Å². The lowest BCUT2D eigenvalue weighted by atomic mass is 10.4. The maximum atomic E-state index is 11.8. The zero-order valence-corrected chi connectivity index (χ0v) is 11.2. The number of anilines is 1. The number of aromatic nitrogens is 2. The second-order valence-electron chi connectivity index (χ2n) is 3.64. The predicted molar refractivity (Wildman–Crippen MR) is 70.8 cm³/mol. The van der Waals surface area contributed by atoms with Crippen molar-refractivity contribution in [3.8, 4) is 0 Å². The molecule has 1 rings (SSSR count). The normalized spacial score (nSPS) is 10.8. The van der Waals surface area contributed by atoms with Gasteiger partial charge >= 0.3 is 0 Å². The van der Waals surface area contributed by atoms with E-state index < -0.39 is 0 Å². The van der Waals surface area contributed by atoms with Crippen molar-refractivity contribution in [3.63, 3.8) is 0 Å². The van der Waals surface area contributed by atoms with Crippen molar-refractivity contribution in [2.75, 3.05) is 23.9 Å². The Morgan fingerprint density at radius 2 is 2.31 bits per heavy atom. The van der Waals surface area contributed by atoms with Crippen LogP contribution in [0.4, 0.5) is 5.69 Å². The SMILES string of the molecule is CSCCNc1cnn(C(C)C)c(=O)c1Cl. The molecule has 0 radical (unpaired) electrons. The smallest absolute Gasteiger partial charge is 0.287 e. The van der Waals surface area contributed by atoms with Crippen molar-refractivity contribution in [1.82, 2.24) is 9.78 Å². The second kappa shape index (κ2) is 6.15. The van der Waals surface area contributed by atoms with E-state index in [1.165, 1.54) is 4.68 Å². The minimum atomic E-state index is -0.245. The van der Waals surface area contributed by atoms with E-state index in [2.05, 4.69) is 10.4 Å². The van der Waals surface area contributed by atoms with Crippen LogP contribution >= 0.6 is 23.4 Å². The van der Waals surface area contributed by atoms with Crippen LogP contribution in [0.15, 0.2) is 11.0 Å². The molecule has 0 saturated carbocycles. The zero-order chi connectivity index (χ0) is 12.1. The molecule has 0 aliphatic heterocycles. The Morgan fingerprint density at radius 3 is 2.88 bits per heavy atom. The van der Waals surface area contributed by atoms with Crippen molar-refractivity contribution in [2.24, 2.45) is 0 Å². The summed E-state index contributed by atoms with van der Waals surface area (Å²) in [6, 6.07) is 0.0187. The summed E-state index contributed by atoms with van der Waals surface area (Å²) in [5, 5.41) is 7.37. The van der Waals surface area contributed by atoms with Gasteiger partial charge in [0, 0.05) is 12.3 Å². The average Bonchev–Trinajstić information content (AvgIpc) is 2.24. The third kappa shape index (κ3) is 3.15. The molecule has 4 nitrogen and oxygen atoms in total. The summed E-state index contributed by atoms with van der Waals surface area (Å²) in [5.74, 6) is 0.962. The molecule has 0 aliphatic rings. The Morgan fingerprint density at radius 1 is 1.62 bits per heavy atom. The van der Waals surface area contributed by atoms with Crippen LogP contribution in [0, 0.1) is 0 Å². The Kier molecular flexibility index (Phi) is 5.15. The van der Waals surface area contributed by atoms with Gasteiger partial charge in [0.15, 0.2) is 0 Å². The van der Waals surface area contributed by atoms with Crippen LogP contribution in [0.5, 0.6) is 0 Å². The number of thioether (sulfide) groups is 1. The third-order valence-electron chi connectivity index (χ3n) is 2.05. The monoisotopic (exact) mass is 261 g/mol. The molecular formula is C10H16ClN3OS. The van der Waals surface area contributed by atoms with Gasteiger partial charge in [0.05, 0.1) is 17.9 Å². The first-order valence-corrected chi connectivity index (χ1v) is 6.85. The summed E-state index contributed by atoms with van der Waals surface area (Å²) in [7, 11) is 0. The Bertz CT molecular complexity index is 406. The second-order valence-corrected chi connectivity index (χ2v) is 5.00. The fourth-order valence-corrected chi connectivity index (χ4v) is 1.73. The van der Waals surface area contributed by atoms with Gasteiger partial charge in [0.1, 0.15) is 5.02 Å². The first kappa shape index (κ1) is 13.4. The Labute approximate surface area is 104 Å². The van der Waals surface area contributed by atoms with Gasteiger partial charge in [0.2, 0.25) is 0 Å². The molecule has 0 spiro atoms. The lowest BCUT2D eigenvalue weighted by Crippen LogP contribution is -2.26. The minimum absolute atomic E-state index is 0.0187. The van der Waals surface area contributed by atoms with E-state index in [9.17, 15) is 4.79 Å². The van der Waals surface area contributed by atoms with Crippen LogP contribution in [0.25, 0.3) is 0 Å². The van der Waals surface area contributed by atoms with Crippen LogP contribution < -0.4 is 10.9 Å². The van der Waals surface area contributed by atoms with Crippen molar-refractivity contribution in [2.45, 2.75) is 19.9 Å². The molecule has 0 aliphatic carbocycles. The summed E-state index contributed by atoms with van der Waals surface area (Å²) < 4.78 is 1.38. The summed E-state index contributed by atoms with van der Waals surface area (Å²) >= 11 is 7.71. The third-order valence-corrected chi connectivity index (χ3v) is 3.03. The molecule has 6 heteroatoms. The van der Waals surface area contributed by atoms with Gasteiger partial charge in [-0.2, -0.15) is 16.9 Å². The minimum Gasteiger partial charge on any atom is -0.382 e. The van der Waals surface area contributed by atoms with Crippen molar-refractivity contribution < 1.29 is 0 Å². The van der Waals surface area contributed by atoms with Crippen LogP contribution in [0.3, 0.4) is 0 Å². The van der Waals surface area contributed by atoms with Gasteiger partial charge in [-0.1, -0.05) is 11.6 Å². The molecule has 0 bridgehead atoms. The number of hydrogen-bond acceptors (Lipinski definition) is 4. The molecule has 90 valence electrons. The molecule has 1 aromatic heterocycles. The van der Waals surface area contributed by atoms with Crippen molar-refractivity contribution >= 4 is 29.1 Å². The number of nitrogens with zero attached hydrogens (tertiary/aromatic N) is 2. The molecule has 0 atom stereocenters. The number of hydrogen-bond donors (Lipinski definition) is 1. The summed E-state index contributed by atoms with van der Waals surface area (Å²) in [6.45, 7) is 4.56. The number of halogens is 1. The van der Waals surface area contributed by atoms with Gasteiger partial charge < -0.3 is 5.32 Å². The standard InChI is InChI=1S/C10H16ClN3OS/c1-7(2)14-10(15)9(11)8(6-13-14)12-4-5-16-3/h6-7,12H,4-5H2,1-3H3. The summed E-state index contributed by atoms with van der Waals surface area (Å²) in [5.41, 5.74) is 0.364. The predicted octanol–water partition coefficient (Wildman–Crippen LogP) is 2.25. The van der Waals surface area contributed by atoms with E-state index in [1.54, 1.807) is 18.0 Å². The largest absolute Gasteiger partial charge is 0.382 e. The molecule has 16 heavy (non-hydrogen) atoms. The maximum Gasteiger partial charge on any atom is 0.287 e. The summed E-state index contributed by atoms with van der Waals surface area (Å²) in [6.07, 6.45) is 3.63. The Balaban J connectivity index is 2.90. The molecule has 1 heterocycles. The van der Waals surface area contributed by atoms with E-state index in [-0.39, 0.29) is 16.6 Å². The van der Waals surface area contributed by atoms with Crippen molar-refractivity contribution in [3.05, 3.63) is 21.6 Å². The van der Waals surface area contributed by atoms with E-state index in [0.29, 0.717) is 5.69 Å². The maximum absolute atomic E-state index is 11.8. The highest BCUT2D eigenvalue weighted by atomic mass is 35.5. The number of rotatable bonds is 5. The molecule has 0 aromatic carbocycles. The Hall–Kier alpha value is -0.680. The molecule has 0 unspecified atom stereocenters. The van der Waals surface area contributed by atoms with E-state index in [0.717, 1.165) is 12.3 Å². The molecule has 0 saturated heterocycles. The van der Waals surface area contributed by atoms with Gasteiger partial charge in [-0.3, -0.25) is 4.79 Å². The van der Waals surface area contributed by atoms with Gasteiger partial charge in [0.25, 0.3) is 5.56 Å². The van der Waals surface area contributed by atoms with E-state index >= 15 is 0 Å². The molecule has 1 aromatic rings. The first-order chi connectivity index (χ1) is 7.57. The quantitative estimate of drug-likeness (QED) is 0.826. The highest BCUT2D eigenvalue weighted by Crippen LogP contribution is 2.16. The highest BCUT2D eigenvalue weighted by molar-refractivity contribution is 7.98. The van der Waals surface area contributed by atoms with Gasteiger partial charge in [-0.05, 0) is 20.1 Å². The van der Waals surface area contributed by atoms with Crippen LogP contribution in [-0.2, 0) is 0 Å². The summed E-state index contributed by atoms with van der Waals surface area (Å²) in [4.78, 5) is 11.8. The molecule has 1 N–H and O–H groups in total. The lowest BCUT2D eigenvalue weighted by Gasteiger charge is -2.11. The highest BCUT2D eigenvalue weighted by Gasteiger charge is 2.10. The molecule has 0 fully saturated rings. The van der Waals surface area contributed by atoms with Crippen LogP contribution in [0.2, 0.25) is 5.02 Å². The van der Waals surface area contributed by atoms with Gasteiger partial charge in [-0.25, -0.2) is 4.68 Å². The number of nitrogens with one attached hydrogen (secondary N) is 1. The fraction of sp³-hybridized carbons (Fsp3) is 0.600. The van der Waals surface area contributed by atoms with Crippen LogP contribution in [-0.4, -0.2) is 28.3 Å². The fourth-order valence-electron chi connectivity index (χ4n) is 1.22. The lowest BCUT2D eigenvalue weighted by molar-refractivity contribution is 0.503. The zero-order valence-electron chi connectivity index (χ0n) is 9.66. The topological polar surface area (TPSA) is 46.9 Å². The van der Waals surface area contributed by atoms with Crippen LogP contribution in [0.1, 0.15) is 19.9 Å². The van der Waals surface area contributed by atoms with Crippen molar-refractivity contribution in [1.29, 1.82) is 0 Å². The van der Waals surface area contributed by atoms with E-state index in [1.807, 2.05) is 20.1 Å². The van der Waals surface area contributed by atoms with E-state index in [4.69, 9.17) is 11.6 Å². The molecule has 0 amide bonds.